The van der Waals surface area contributed by atoms with Crippen LogP contribution < -0.4 is 0 Å². The molecular formula is C11H12F2O8S. The molecule has 22 heavy (non-hydrogen) atoms. The molecule has 124 valence electrons. The van der Waals surface area contributed by atoms with Crippen LogP contribution in [0.2, 0.25) is 0 Å². The fraction of sp³-hybridized carbons (Fsp3) is 0.818. The Morgan fingerprint density at radius 1 is 1.32 bits per heavy atom. The van der Waals surface area contributed by atoms with Crippen LogP contribution >= 0.6 is 0 Å². The molecule has 3 saturated heterocycles. The molecule has 0 saturated carbocycles. The van der Waals surface area contributed by atoms with Crippen molar-refractivity contribution in [3.05, 3.63) is 0 Å². The van der Waals surface area contributed by atoms with Crippen molar-refractivity contribution in [2.45, 2.75) is 48.9 Å². The van der Waals surface area contributed by atoms with Gasteiger partial charge in [-0.1, -0.05) is 0 Å². The molecule has 0 aromatic rings. The zero-order valence-corrected chi connectivity index (χ0v) is 12.0. The number of esters is 2. The standard InChI is InChI=1S/C11H12F2O8S/c1-11(12,13)10(15)18-3-6(14)20-7-4-2-5-8(19-4)9(7)22(16,17)21-5/h4-5,7-9H,2-3H2,1H3. The van der Waals surface area contributed by atoms with E-state index in [4.69, 9.17) is 13.7 Å². The van der Waals surface area contributed by atoms with Crippen LogP contribution in [0.25, 0.3) is 0 Å². The zero-order valence-electron chi connectivity index (χ0n) is 11.2. The van der Waals surface area contributed by atoms with Crippen LogP contribution in [0.15, 0.2) is 0 Å². The lowest BCUT2D eigenvalue weighted by Gasteiger charge is -2.21. The van der Waals surface area contributed by atoms with E-state index >= 15 is 0 Å². The van der Waals surface area contributed by atoms with Gasteiger partial charge in [0.25, 0.3) is 10.1 Å². The number of ether oxygens (including phenoxy) is 3. The number of halogens is 2. The van der Waals surface area contributed by atoms with Gasteiger partial charge in [-0.3, -0.25) is 4.18 Å². The van der Waals surface area contributed by atoms with E-state index in [0.717, 1.165) is 0 Å². The van der Waals surface area contributed by atoms with E-state index in [2.05, 4.69) is 4.74 Å². The van der Waals surface area contributed by atoms with Crippen LogP contribution in [0.1, 0.15) is 13.3 Å². The molecule has 3 heterocycles. The summed E-state index contributed by atoms with van der Waals surface area (Å²) in [4.78, 5) is 22.4. The third kappa shape index (κ3) is 2.46. The largest absolute Gasteiger partial charge is 0.455 e. The third-order valence-corrected chi connectivity index (χ3v) is 5.43. The minimum absolute atomic E-state index is 0.255. The number of fused-ring (bicyclic) bond motifs is 1. The van der Waals surface area contributed by atoms with Crippen LogP contribution in [0, 0.1) is 0 Å². The van der Waals surface area contributed by atoms with Gasteiger partial charge in [0.2, 0.25) is 0 Å². The van der Waals surface area contributed by atoms with Crippen LogP contribution in [-0.2, 0) is 38.1 Å². The SMILES string of the molecule is CC(F)(F)C(=O)OCC(=O)OC1C2CC3OS(=O)(=O)C1C3O2. The van der Waals surface area contributed by atoms with Crippen molar-refractivity contribution >= 4 is 22.1 Å². The molecule has 0 amide bonds. The molecule has 8 nitrogen and oxygen atoms in total. The summed E-state index contributed by atoms with van der Waals surface area (Å²) in [6.07, 6.45) is -2.75. The highest BCUT2D eigenvalue weighted by molar-refractivity contribution is 7.87. The molecule has 0 spiro atoms. The molecule has 3 aliphatic heterocycles. The second-order valence-corrected chi connectivity index (χ2v) is 7.11. The van der Waals surface area contributed by atoms with E-state index < -0.39 is 64.3 Å². The highest BCUT2D eigenvalue weighted by Gasteiger charge is 2.67. The maximum absolute atomic E-state index is 12.6. The van der Waals surface area contributed by atoms with E-state index in [1.165, 1.54) is 0 Å². The van der Waals surface area contributed by atoms with Crippen molar-refractivity contribution < 1.29 is 45.2 Å². The van der Waals surface area contributed by atoms with Crippen LogP contribution in [0.5, 0.6) is 0 Å². The van der Waals surface area contributed by atoms with Gasteiger partial charge >= 0.3 is 17.9 Å². The molecule has 2 bridgehead atoms. The normalized spacial score (nSPS) is 38.0. The van der Waals surface area contributed by atoms with Crippen molar-refractivity contribution in [2.24, 2.45) is 0 Å². The van der Waals surface area contributed by atoms with Gasteiger partial charge in [0.05, 0.1) is 6.10 Å². The van der Waals surface area contributed by atoms with Gasteiger partial charge in [0.15, 0.2) is 11.9 Å². The topological polar surface area (TPSA) is 105 Å². The Labute approximate surface area is 123 Å². The lowest BCUT2D eigenvalue weighted by molar-refractivity contribution is -0.177. The van der Waals surface area contributed by atoms with Crippen LogP contribution in [-0.4, -0.2) is 62.6 Å². The second-order valence-electron chi connectivity index (χ2n) is 5.39. The molecule has 5 unspecified atom stereocenters. The molecule has 0 aromatic carbocycles. The highest BCUT2D eigenvalue weighted by Crippen LogP contribution is 2.47. The van der Waals surface area contributed by atoms with E-state index in [-0.39, 0.29) is 6.42 Å². The summed E-state index contributed by atoms with van der Waals surface area (Å²) in [6.45, 7) is -0.708. The lowest BCUT2D eigenvalue weighted by Crippen LogP contribution is -2.43. The maximum Gasteiger partial charge on any atom is 0.377 e. The molecule has 3 fully saturated rings. The first-order valence-corrected chi connectivity index (χ1v) is 7.89. The van der Waals surface area contributed by atoms with Crippen molar-refractivity contribution in [3.63, 3.8) is 0 Å². The molecule has 0 aliphatic carbocycles. The number of carbonyl (C=O) groups excluding carboxylic acids is 2. The molecule has 0 radical (unpaired) electrons. The average Bonchev–Trinajstić information content (AvgIpc) is 2.95. The fourth-order valence-electron chi connectivity index (χ4n) is 2.85. The second kappa shape index (κ2) is 4.83. The predicted molar refractivity (Wildman–Crippen MR) is 62.3 cm³/mol. The van der Waals surface area contributed by atoms with E-state index in [1.807, 2.05) is 0 Å². The Kier molecular flexibility index (Phi) is 3.42. The fourth-order valence-corrected chi connectivity index (χ4v) is 4.63. The number of rotatable bonds is 4. The van der Waals surface area contributed by atoms with Gasteiger partial charge in [0.1, 0.15) is 18.3 Å². The third-order valence-electron chi connectivity index (χ3n) is 3.72. The van der Waals surface area contributed by atoms with E-state index in [1.54, 1.807) is 0 Å². The Morgan fingerprint density at radius 2 is 2.00 bits per heavy atom. The van der Waals surface area contributed by atoms with Crippen molar-refractivity contribution in [2.75, 3.05) is 6.61 Å². The summed E-state index contributed by atoms with van der Waals surface area (Å²) in [5, 5.41) is -1.14. The molecule has 3 aliphatic rings. The summed E-state index contributed by atoms with van der Waals surface area (Å²) in [5.74, 6) is -6.73. The first kappa shape index (κ1) is 15.6. The van der Waals surface area contributed by atoms with E-state index in [9.17, 15) is 26.8 Å². The van der Waals surface area contributed by atoms with Gasteiger partial charge in [0, 0.05) is 13.3 Å². The first-order chi connectivity index (χ1) is 10.1. The highest BCUT2D eigenvalue weighted by atomic mass is 32.2. The number of alkyl halides is 2. The van der Waals surface area contributed by atoms with Gasteiger partial charge in [-0.2, -0.15) is 17.2 Å². The monoisotopic (exact) mass is 342 g/mol. The molecule has 5 atom stereocenters. The number of carbonyl (C=O) groups is 2. The summed E-state index contributed by atoms with van der Waals surface area (Å²) in [6, 6.07) is 0. The number of hydrogen-bond donors (Lipinski definition) is 0. The quantitative estimate of drug-likeness (QED) is 0.491. The van der Waals surface area contributed by atoms with Crippen LogP contribution in [0.4, 0.5) is 8.78 Å². The van der Waals surface area contributed by atoms with Gasteiger partial charge < -0.3 is 14.2 Å². The predicted octanol–water partition coefficient (Wildman–Crippen LogP) is -0.635. The smallest absolute Gasteiger partial charge is 0.377 e. The summed E-state index contributed by atoms with van der Waals surface area (Å²) in [7, 11) is -3.91. The van der Waals surface area contributed by atoms with Gasteiger partial charge in [-0.25, -0.2) is 9.59 Å². The summed E-state index contributed by atoms with van der Waals surface area (Å²) in [5.41, 5.74) is 0. The van der Waals surface area contributed by atoms with Gasteiger partial charge in [-0.05, 0) is 0 Å². The lowest BCUT2D eigenvalue weighted by atomic mass is 9.95. The van der Waals surface area contributed by atoms with E-state index in [0.29, 0.717) is 6.92 Å². The zero-order chi connectivity index (χ0) is 16.3. The van der Waals surface area contributed by atoms with Crippen molar-refractivity contribution in [3.8, 4) is 0 Å². The average molecular weight is 342 g/mol. The Bertz CT molecular complexity index is 610. The van der Waals surface area contributed by atoms with Crippen LogP contribution in [0.3, 0.4) is 0 Å². The molecular weight excluding hydrogens is 330 g/mol. The van der Waals surface area contributed by atoms with Crippen molar-refractivity contribution in [1.82, 2.24) is 0 Å². The molecule has 3 rings (SSSR count). The molecule has 11 heteroatoms. The van der Waals surface area contributed by atoms with Crippen molar-refractivity contribution in [1.29, 1.82) is 0 Å². The Morgan fingerprint density at radius 3 is 2.64 bits per heavy atom. The minimum atomic E-state index is -3.91. The molecule has 0 N–H and O–H groups in total. The first-order valence-electron chi connectivity index (χ1n) is 6.42. The maximum atomic E-state index is 12.6. The Hall–Kier alpha value is -1.33. The van der Waals surface area contributed by atoms with Gasteiger partial charge in [-0.15, -0.1) is 0 Å². The Balaban J connectivity index is 1.60. The minimum Gasteiger partial charge on any atom is -0.455 e. The summed E-state index contributed by atoms with van der Waals surface area (Å²) >= 11 is 0. The molecule has 0 aromatic heterocycles. The number of hydrogen-bond acceptors (Lipinski definition) is 8. The summed E-state index contributed by atoms with van der Waals surface area (Å²) < 4.78 is 68.0.